The standard InChI is InChI=1S/C6H14N2O2S2/c1-7(2)12(9,10)8-3-5-11-6-4-8/h3-6H2,1-2H3. The molecule has 0 spiro atoms. The van der Waals surface area contributed by atoms with Crippen LogP contribution in [0.15, 0.2) is 0 Å². The molecule has 0 aromatic carbocycles. The summed E-state index contributed by atoms with van der Waals surface area (Å²) in [6, 6.07) is 0. The van der Waals surface area contributed by atoms with E-state index in [9.17, 15) is 8.42 Å². The summed E-state index contributed by atoms with van der Waals surface area (Å²) in [5.74, 6) is 1.82. The first-order valence-corrected chi connectivity index (χ1v) is 6.35. The van der Waals surface area contributed by atoms with Crippen LogP contribution in [0, 0.1) is 0 Å². The summed E-state index contributed by atoms with van der Waals surface area (Å²) in [7, 11) is -0.0135. The fourth-order valence-electron chi connectivity index (χ4n) is 1.01. The molecule has 1 fully saturated rings. The highest BCUT2D eigenvalue weighted by Crippen LogP contribution is 2.13. The van der Waals surface area contributed by atoms with Crippen LogP contribution in [0.1, 0.15) is 0 Å². The lowest BCUT2D eigenvalue weighted by atomic mass is 10.6. The van der Waals surface area contributed by atoms with Crippen molar-refractivity contribution in [3.05, 3.63) is 0 Å². The molecule has 0 aromatic heterocycles. The number of hydrogen-bond donors (Lipinski definition) is 0. The average Bonchev–Trinajstić information content (AvgIpc) is 2.06. The average molecular weight is 210 g/mol. The van der Waals surface area contributed by atoms with Crippen LogP contribution in [0.2, 0.25) is 0 Å². The highest BCUT2D eigenvalue weighted by molar-refractivity contribution is 7.99. The second-order valence-corrected chi connectivity index (χ2v) is 6.17. The summed E-state index contributed by atoms with van der Waals surface area (Å²) < 4.78 is 25.9. The molecule has 12 heavy (non-hydrogen) atoms. The Labute approximate surface area is 78.1 Å². The maximum absolute atomic E-state index is 11.5. The van der Waals surface area contributed by atoms with Crippen molar-refractivity contribution < 1.29 is 8.42 Å². The van der Waals surface area contributed by atoms with E-state index in [-0.39, 0.29) is 0 Å². The summed E-state index contributed by atoms with van der Waals surface area (Å²) in [6.45, 7) is 1.29. The first-order valence-electron chi connectivity index (χ1n) is 3.80. The van der Waals surface area contributed by atoms with Gasteiger partial charge in [-0.15, -0.1) is 0 Å². The van der Waals surface area contributed by atoms with E-state index >= 15 is 0 Å². The van der Waals surface area contributed by atoms with Crippen LogP contribution in [-0.4, -0.2) is 55.7 Å². The zero-order valence-corrected chi connectivity index (χ0v) is 8.99. The predicted octanol–water partition coefficient (Wildman–Crippen LogP) is -0.158. The quantitative estimate of drug-likeness (QED) is 0.636. The van der Waals surface area contributed by atoms with E-state index in [0.717, 1.165) is 11.5 Å². The summed E-state index contributed by atoms with van der Waals surface area (Å²) in [5, 5.41) is 0. The minimum absolute atomic E-state index is 0.644. The minimum atomic E-state index is -3.15. The van der Waals surface area contributed by atoms with Crippen LogP contribution < -0.4 is 0 Å². The van der Waals surface area contributed by atoms with E-state index in [0.29, 0.717) is 13.1 Å². The summed E-state index contributed by atoms with van der Waals surface area (Å²) in [5.41, 5.74) is 0. The van der Waals surface area contributed by atoms with Crippen LogP contribution in [0.3, 0.4) is 0 Å². The van der Waals surface area contributed by atoms with Crippen LogP contribution in [-0.2, 0) is 10.2 Å². The van der Waals surface area contributed by atoms with Crippen molar-refractivity contribution in [1.29, 1.82) is 0 Å². The van der Waals surface area contributed by atoms with Gasteiger partial charge in [0.2, 0.25) is 0 Å². The Balaban J connectivity index is 2.67. The first kappa shape index (κ1) is 10.3. The van der Waals surface area contributed by atoms with E-state index in [2.05, 4.69) is 0 Å². The van der Waals surface area contributed by atoms with Gasteiger partial charge in [0.1, 0.15) is 0 Å². The molecule has 0 saturated carbocycles. The second-order valence-electron chi connectivity index (χ2n) is 2.80. The van der Waals surface area contributed by atoms with Gasteiger partial charge in [0.25, 0.3) is 10.2 Å². The van der Waals surface area contributed by atoms with Crippen molar-refractivity contribution in [3.8, 4) is 0 Å². The van der Waals surface area contributed by atoms with Gasteiger partial charge in [-0.3, -0.25) is 0 Å². The van der Waals surface area contributed by atoms with Crippen molar-refractivity contribution in [2.75, 3.05) is 38.7 Å². The normalized spacial score (nSPS) is 21.6. The van der Waals surface area contributed by atoms with Crippen molar-refractivity contribution in [3.63, 3.8) is 0 Å². The fourth-order valence-corrected chi connectivity index (χ4v) is 3.25. The van der Waals surface area contributed by atoms with Gasteiger partial charge in [-0.2, -0.15) is 28.8 Å². The van der Waals surface area contributed by atoms with Crippen molar-refractivity contribution in [1.82, 2.24) is 8.61 Å². The van der Waals surface area contributed by atoms with Gasteiger partial charge in [0.15, 0.2) is 0 Å². The fraction of sp³-hybridized carbons (Fsp3) is 1.00. The Kier molecular flexibility index (Phi) is 3.39. The summed E-state index contributed by atoms with van der Waals surface area (Å²) in [4.78, 5) is 0. The predicted molar refractivity (Wildman–Crippen MR) is 51.5 cm³/mol. The van der Waals surface area contributed by atoms with Gasteiger partial charge >= 0.3 is 0 Å². The Morgan fingerprint density at radius 2 is 1.75 bits per heavy atom. The number of thioether (sulfide) groups is 1. The molecule has 0 bridgehead atoms. The van der Waals surface area contributed by atoms with E-state index in [1.165, 1.54) is 8.61 Å². The second kappa shape index (κ2) is 3.95. The van der Waals surface area contributed by atoms with Gasteiger partial charge in [-0.1, -0.05) is 0 Å². The molecular weight excluding hydrogens is 196 g/mol. The van der Waals surface area contributed by atoms with Gasteiger partial charge in [0, 0.05) is 38.7 Å². The molecule has 0 atom stereocenters. The van der Waals surface area contributed by atoms with Gasteiger partial charge < -0.3 is 0 Å². The van der Waals surface area contributed by atoms with Crippen LogP contribution >= 0.6 is 11.8 Å². The topological polar surface area (TPSA) is 40.6 Å². The molecule has 6 heteroatoms. The van der Waals surface area contributed by atoms with Crippen LogP contribution in [0.5, 0.6) is 0 Å². The molecule has 1 aliphatic rings. The first-order chi connectivity index (χ1) is 5.55. The monoisotopic (exact) mass is 210 g/mol. The van der Waals surface area contributed by atoms with Gasteiger partial charge in [0.05, 0.1) is 0 Å². The zero-order chi connectivity index (χ0) is 9.19. The van der Waals surface area contributed by atoms with Crippen molar-refractivity contribution in [2.45, 2.75) is 0 Å². The third-order valence-corrected chi connectivity index (χ3v) is 4.64. The lowest BCUT2D eigenvalue weighted by Crippen LogP contribution is -2.44. The highest BCUT2D eigenvalue weighted by Gasteiger charge is 2.25. The Bertz CT molecular complexity index is 232. The minimum Gasteiger partial charge on any atom is -0.195 e. The molecule has 0 amide bonds. The molecule has 0 aromatic rings. The van der Waals surface area contributed by atoms with Crippen LogP contribution in [0.4, 0.5) is 0 Å². The number of rotatable bonds is 2. The molecular formula is C6H14N2O2S2. The zero-order valence-electron chi connectivity index (χ0n) is 7.36. The van der Waals surface area contributed by atoms with E-state index in [1.54, 1.807) is 25.9 Å². The summed E-state index contributed by atoms with van der Waals surface area (Å²) >= 11 is 1.80. The molecule has 1 rings (SSSR count). The largest absolute Gasteiger partial charge is 0.281 e. The lowest BCUT2D eigenvalue weighted by molar-refractivity contribution is 0.398. The SMILES string of the molecule is CN(C)S(=O)(=O)N1CCSCC1. The maximum Gasteiger partial charge on any atom is 0.281 e. The molecule has 72 valence electrons. The lowest BCUT2D eigenvalue weighted by Gasteiger charge is -2.28. The molecule has 0 unspecified atom stereocenters. The van der Waals surface area contributed by atoms with Crippen molar-refractivity contribution >= 4 is 22.0 Å². The molecule has 1 heterocycles. The van der Waals surface area contributed by atoms with E-state index in [4.69, 9.17) is 0 Å². The summed E-state index contributed by atoms with van der Waals surface area (Å²) in [6.07, 6.45) is 0. The van der Waals surface area contributed by atoms with Crippen LogP contribution in [0.25, 0.3) is 0 Å². The Morgan fingerprint density at radius 1 is 1.25 bits per heavy atom. The molecule has 1 aliphatic heterocycles. The van der Waals surface area contributed by atoms with Crippen molar-refractivity contribution in [2.24, 2.45) is 0 Å². The Hall–Kier alpha value is 0.220. The molecule has 4 nitrogen and oxygen atoms in total. The molecule has 0 N–H and O–H groups in total. The number of nitrogens with zero attached hydrogens (tertiary/aromatic N) is 2. The number of hydrogen-bond acceptors (Lipinski definition) is 3. The van der Waals surface area contributed by atoms with Gasteiger partial charge in [-0.05, 0) is 0 Å². The Morgan fingerprint density at radius 3 is 2.17 bits per heavy atom. The van der Waals surface area contributed by atoms with E-state index < -0.39 is 10.2 Å². The highest BCUT2D eigenvalue weighted by atomic mass is 32.2. The van der Waals surface area contributed by atoms with E-state index in [1.807, 2.05) is 0 Å². The third-order valence-electron chi connectivity index (χ3n) is 1.76. The smallest absolute Gasteiger partial charge is 0.195 e. The van der Waals surface area contributed by atoms with Gasteiger partial charge in [-0.25, -0.2) is 0 Å². The third kappa shape index (κ3) is 2.12. The molecule has 1 saturated heterocycles. The molecule has 0 radical (unpaired) electrons. The maximum atomic E-state index is 11.5. The molecule has 0 aliphatic carbocycles.